The Labute approximate surface area is 111 Å². The topological polar surface area (TPSA) is 91.2 Å². The van der Waals surface area contributed by atoms with Crippen molar-refractivity contribution in [3.63, 3.8) is 0 Å². The Hall–Kier alpha value is -2.39. The number of nitrogens with zero attached hydrogens (tertiary/aromatic N) is 1. The van der Waals surface area contributed by atoms with Crippen LogP contribution >= 0.6 is 0 Å². The molecule has 0 heterocycles. The monoisotopic (exact) mass is 261 g/mol. The maximum Gasteiger partial charge on any atom is 0.250 e. The van der Waals surface area contributed by atoms with Gasteiger partial charge in [-0.25, -0.2) is 0 Å². The average molecular weight is 261 g/mol. The quantitative estimate of drug-likeness (QED) is 0.838. The molecule has 2 N–H and O–H groups in total. The Balaban J connectivity index is 2.79. The second-order valence-electron chi connectivity index (χ2n) is 3.89. The number of nitrogens with one attached hydrogen (secondary N) is 2. The van der Waals surface area contributed by atoms with Crippen molar-refractivity contribution in [2.45, 2.75) is 13.3 Å². The lowest BCUT2D eigenvalue weighted by atomic mass is 10.1. The fraction of sp³-hybridized carbons (Fsp3) is 0.308. The van der Waals surface area contributed by atoms with Crippen molar-refractivity contribution >= 4 is 23.2 Å². The highest BCUT2D eigenvalue weighted by molar-refractivity contribution is 5.95. The van der Waals surface area contributed by atoms with Gasteiger partial charge >= 0.3 is 0 Å². The Kier molecular flexibility index (Phi) is 5.51. The van der Waals surface area contributed by atoms with Crippen LogP contribution in [0.3, 0.4) is 0 Å². The molecule has 0 fully saturated rings. The maximum atomic E-state index is 11.4. The highest BCUT2D eigenvalue weighted by Crippen LogP contribution is 2.20. The van der Waals surface area contributed by atoms with Crippen LogP contribution < -0.4 is 10.6 Å². The number of nitriles is 1. The number of carbonyl (C=O) groups is 2. The van der Waals surface area contributed by atoms with Gasteiger partial charge in [0.25, 0.3) is 0 Å². The maximum absolute atomic E-state index is 11.4. The minimum atomic E-state index is -0.383. The predicted octanol–water partition coefficient (Wildman–Crippen LogP) is 1.43. The summed E-state index contributed by atoms with van der Waals surface area (Å²) >= 11 is 0. The summed E-state index contributed by atoms with van der Waals surface area (Å²) in [6, 6.07) is 6.90. The fourth-order valence-electron chi connectivity index (χ4n) is 1.43. The number of hydrogen-bond acceptors (Lipinski definition) is 4. The van der Waals surface area contributed by atoms with Gasteiger partial charge in [-0.3, -0.25) is 9.59 Å². The van der Waals surface area contributed by atoms with Crippen LogP contribution in [0.15, 0.2) is 18.2 Å². The van der Waals surface area contributed by atoms with E-state index in [1.54, 1.807) is 24.3 Å². The van der Waals surface area contributed by atoms with Crippen molar-refractivity contribution in [1.29, 1.82) is 5.26 Å². The fourth-order valence-corrected chi connectivity index (χ4v) is 1.43. The molecule has 0 aromatic heterocycles. The highest BCUT2D eigenvalue weighted by Gasteiger charge is 2.07. The van der Waals surface area contributed by atoms with E-state index in [1.165, 1.54) is 7.11 Å². The summed E-state index contributed by atoms with van der Waals surface area (Å²) in [5.74, 6) is -0.661. The number of carbonyl (C=O) groups excluding carboxylic acids is 2. The van der Waals surface area contributed by atoms with Gasteiger partial charge < -0.3 is 15.4 Å². The number of ether oxygens (including phenoxy) is 1. The van der Waals surface area contributed by atoms with Gasteiger partial charge in [0.15, 0.2) is 0 Å². The van der Waals surface area contributed by atoms with Crippen LogP contribution in [0.2, 0.25) is 0 Å². The molecule has 0 aliphatic rings. The summed E-state index contributed by atoms with van der Waals surface area (Å²) in [5.41, 5.74) is 1.96. The molecule has 6 nitrogen and oxygen atoms in total. The Morgan fingerprint density at radius 2 is 2.05 bits per heavy atom. The smallest absolute Gasteiger partial charge is 0.250 e. The van der Waals surface area contributed by atoms with Crippen LogP contribution in [-0.2, 0) is 14.3 Å². The molecule has 0 aliphatic carbocycles. The van der Waals surface area contributed by atoms with Crippen molar-refractivity contribution in [1.82, 2.24) is 0 Å². The molecular formula is C13H15N3O3. The average Bonchev–Trinajstić information content (AvgIpc) is 2.34. The summed E-state index contributed by atoms with van der Waals surface area (Å²) in [6.45, 7) is 1.78. The molecule has 0 bridgehead atoms. The number of amides is 2. The minimum Gasteiger partial charge on any atom is -0.375 e. The molecule has 0 aliphatic heterocycles. The van der Waals surface area contributed by atoms with E-state index in [1.807, 2.05) is 6.92 Å². The van der Waals surface area contributed by atoms with Gasteiger partial charge in [0.1, 0.15) is 13.0 Å². The molecule has 0 radical (unpaired) electrons. The Bertz CT molecular complexity index is 520. The van der Waals surface area contributed by atoms with Gasteiger partial charge in [0.05, 0.1) is 6.07 Å². The van der Waals surface area contributed by atoms with Crippen molar-refractivity contribution in [2.24, 2.45) is 0 Å². The summed E-state index contributed by atoms with van der Waals surface area (Å²) < 4.78 is 4.71. The van der Waals surface area contributed by atoms with E-state index in [4.69, 9.17) is 10.00 Å². The summed E-state index contributed by atoms with van der Waals surface area (Å²) in [4.78, 5) is 22.7. The van der Waals surface area contributed by atoms with E-state index in [9.17, 15) is 9.59 Å². The Morgan fingerprint density at radius 1 is 1.32 bits per heavy atom. The molecule has 0 unspecified atom stereocenters. The first-order chi connectivity index (χ1) is 9.06. The van der Waals surface area contributed by atoms with Crippen molar-refractivity contribution in [2.75, 3.05) is 24.4 Å². The normalized spacial score (nSPS) is 9.53. The van der Waals surface area contributed by atoms with Crippen LogP contribution in [-0.4, -0.2) is 25.5 Å². The van der Waals surface area contributed by atoms with Crippen LogP contribution in [0.4, 0.5) is 11.4 Å². The predicted molar refractivity (Wildman–Crippen MR) is 70.5 cm³/mol. The van der Waals surface area contributed by atoms with Gasteiger partial charge in [-0.15, -0.1) is 0 Å². The number of aryl methyl sites for hydroxylation is 1. The first-order valence-corrected chi connectivity index (χ1v) is 5.63. The van der Waals surface area contributed by atoms with E-state index >= 15 is 0 Å². The first-order valence-electron chi connectivity index (χ1n) is 5.63. The molecule has 0 saturated carbocycles. The number of anilines is 2. The van der Waals surface area contributed by atoms with Crippen molar-refractivity contribution < 1.29 is 14.3 Å². The lowest BCUT2D eigenvalue weighted by Crippen LogP contribution is -2.17. The van der Waals surface area contributed by atoms with Crippen molar-refractivity contribution in [3.8, 4) is 6.07 Å². The number of benzene rings is 1. The second kappa shape index (κ2) is 7.13. The van der Waals surface area contributed by atoms with E-state index in [0.29, 0.717) is 11.4 Å². The van der Waals surface area contributed by atoms with Crippen LogP contribution in [0.25, 0.3) is 0 Å². The number of methoxy groups -OCH3 is 1. The van der Waals surface area contributed by atoms with Gasteiger partial charge in [0, 0.05) is 18.5 Å². The third-order valence-corrected chi connectivity index (χ3v) is 2.31. The zero-order chi connectivity index (χ0) is 14.3. The largest absolute Gasteiger partial charge is 0.375 e. The molecule has 19 heavy (non-hydrogen) atoms. The van der Waals surface area contributed by atoms with Crippen LogP contribution in [0.5, 0.6) is 0 Å². The third-order valence-electron chi connectivity index (χ3n) is 2.31. The molecule has 0 saturated heterocycles. The molecule has 1 aromatic rings. The molecule has 6 heteroatoms. The Morgan fingerprint density at radius 3 is 2.68 bits per heavy atom. The molecule has 2 amide bonds. The van der Waals surface area contributed by atoms with Crippen LogP contribution in [0, 0.1) is 18.3 Å². The molecule has 1 rings (SSSR count). The summed E-state index contributed by atoms with van der Waals surface area (Å²) in [5, 5.41) is 13.7. The number of rotatable bonds is 5. The van der Waals surface area contributed by atoms with Gasteiger partial charge in [-0.2, -0.15) is 5.26 Å². The van der Waals surface area contributed by atoms with Gasteiger partial charge in [-0.05, 0) is 24.6 Å². The third kappa shape index (κ3) is 4.77. The van der Waals surface area contributed by atoms with E-state index in [2.05, 4.69) is 10.6 Å². The summed E-state index contributed by atoms with van der Waals surface area (Å²) in [7, 11) is 1.43. The van der Waals surface area contributed by atoms with Crippen LogP contribution in [0.1, 0.15) is 12.0 Å². The van der Waals surface area contributed by atoms with Gasteiger partial charge in [0.2, 0.25) is 11.8 Å². The minimum absolute atomic E-state index is 0.0377. The molecular weight excluding hydrogens is 246 g/mol. The van der Waals surface area contributed by atoms with Crippen molar-refractivity contribution in [3.05, 3.63) is 23.8 Å². The van der Waals surface area contributed by atoms with E-state index < -0.39 is 0 Å². The molecule has 100 valence electrons. The van der Waals surface area contributed by atoms with E-state index in [0.717, 1.165) is 5.56 Å². The lowest BCUT2D eigenvalue weighted by molar-refractivity contribution is -0.119. The van der Waals surface area contributed by atoms with E-state index in [-0.39, 0.29) is 24.8 Å². The SMILES string of the molecule is COCC(=O)Nc1ccc(C)c(NC(=O)CC#N)c1. The first kappa shape index (κ1) is 14.7. The molecule has 1 aromatic carbocycles. The standard InChI is InChI=1S/C13H15N3O3/c1-9-3-4-10(15-13(18)8-19-2)7-11(9)16-12(17)5-6-14/h3-4,7H,5,8H2,1-2H3,(H,15,18)(H,16,17). The molecule has 0 atom stereocenters. The summed E-state index contributed by atoms with van der Waals surface area (Å²) in [6.07, 6.45) is -0.209. The van der Waals surface area contributed by atoms with Gasteiger partial charge in [-0.1, -0.05) is 6.07 Å². The zero-order valence-electron chi connectivity index (χ0n) is 10.8. The lowest BCUT2D eigenvalue weighted by Gasteiger charge is -2.10. The highest BCUT2D eigenvalue weighted by atomic mass is 16.5. The zero-order valence-corrected chi connectivity index (χ0v) is 10.8. The molecule has 0 spiro atoms. The second-order valence-corrected chi connectivity index (χ2v) is 3.89. The number of hydrogen-bond donors (Lipinski definition) is 2.